The Morgan fingerprint density at radius 1 is 1.22 bits per heavy atom. The fraction of sp³-hybridized carbons (Fsp3) is 0.125. The number of hydrogen-bond acceptors (Lipinski definition) is 4. The lowest BCUT2D eigenvalue weighted by Gasteiger charge is -2.05. The molecule has 0 radical (unpaired) electrons. The molecule has 0 N–H and O–H groups in total. The first kappa shape index (κ1) is 15.2. The highest BCUT2D eigenvalue weighted by Crippen LogP contribution is 2.22. The summed E-state index contributed by atoms with van der Waals surface area (Å²) in [5.41, 5.74) is 1.86. The van der Waals surface area contributed by atoms with Crippen molar-refractivity contribution in [2.24, 2.45) is 7.05 Å². The number of hydrogen-bond donors (Lipinski definition) is 0. The molecule has 23 heavy (non-hydrogen) atoms. The topological polar surface area (TPSA) is 75.8 Å². The summed E-state index contributed by atoms with van der Waals surface area (Å²) in [4.78, 5) is 4.11. The number of benzene rings is 2. The van der Waals surface area contributed by atoms with Gasteiger partial charge >= 0.3 is 0 Å². The number of aromatic nitrogens is 2. The minimum atomic E-state index is -3.69. The Hall–Kier alpha value is -2.72. The molecule has 0 aliphatic heterocycles. The zero-order valence-electron chi connectivity index (χ0n) is 12.2. The van der Waals surface area contributed by atoms with Crippen LogP contribution in [-0.4, -0.2) is 18.0 Å². The van der Waals surface area contributed by atoms with E-state index in [0.717, 1.165) is 0 Å². The number of aryl methyl sites for hydroxylation is 1. The molecule has 0 aliphatic rings. The smallest absolute Gasteiger partial charge is 0.228 e. The van der Waals surface area contributed by atoms with E-state index >= 15 is 0 Å². The van der Waals surface area contributed by atoms with Gasteiger partial charge in [0.2, 0.25) is 15.0 Å². The Morgan fingerprint density at radius 2 is 1.91 bits per heavy atom. The van der Waals surface area contributed by atoms with Crippen LogP contribution in [0, 0.1) is 17.1 Å². The van der Waals surface area contributed by atoms with Crippen LogP contribution in [0.25, 0.3) is 11.0 Å². The molecule has 0 unspecified atom stereocenters. The quantitative estimate of drug-likeness (QED) is 0.740. The predicted molar refractivity (Wildman–Crippen MR) is 82.7 cm³/mol. The Morgan fingerprint density at radius 3 is 2.57 bits per heavy atom. The molecule has 0 saturated carbocycles. The van der Waals surface area contributed by atoms with Crippen LogP contribution in [0.2, 0.25) is 0 Å². The Labute approximate surface area is 132 Å². The molecular weight excluding hydrogens is 317 g/mol. The summed E-state index contributed by atoms with van der Waals surface area (Å²) >= 11 is 0. The molecule has 1 heterocycles. The van der Waals surface area contributed by atoms with E-state index in [9.17, 15) is 12.8 Å². The third kappa shape index (κ3) is 2.81. The van der Waals surface area contributed by atoms with Gasteiger partial charge in [0.05, 0.1) is 28.4 Å². The lowest BCUT2D eigenvalue weighted by Crippen LogP contribution is -2.11. The van der Waals surface area contributed by atoms with Gasteiger partial charge in [-0.25, -0.2) is 17.8 Å². The van der Waals surface area contributed by atoms with Crippen molar-refractivity contribution in [2.45, 2.75) is 10.9 Å². The number of imidazole rings is 1. The fourth-order valence-corrected chi connectivity index (χ4v) is 3.89. The third-order valence-corrected chi connectivity index (χ3v) is 5.15. The second-order valence-electron chi connectivity index (χ2n) is 5.15. The van der Waals surface area contributed by atoms with Gasteiger partial charge in [-0.2, -0.15) is 5.26 Å². The predicted octanol–water partition coefficient (Wildman–Crippen LogP) is 2.56. The number of rotatable bonds is 3. The zero-order valence-corrected chi connectivity index (χ0v) is 13.0. The minimum absolute atomic E-state index is 0.109. The highest BCUT2D eigenvalue weighted by atomic mass is 32.2. The number of halogens is 1. The molecule has 0 saturated heterocycles. The molecule has 3 rings (SSSR count). The molecule has 116 valence electrons. The molecule has 0 aliphatic carbocycles. The van der Waals surface area contributed by atoms with E-state index in [4.69, 9.17) is 5.26 Å². The second kappa shape index (κ2) is 5.48. The van der Waals surface area contributed by atoms with Crippen molar-refractivity contribution in [1.29, 1.82) is 5.26 Å². The van der Waals surface area contributed by atoms with Crippen LogP contribution in [0.5, 0.6) is 0 Å². The minimum Gasteiger partial charge on any atom is -0.318 e. The van der Waals surface area contributed by atoms with E-state index in [2.05, 4.69) is 4.98 Å². The maximum Gasteiger partial charge on any atom is 0.228 e. The summed E-state index contributed by atoms with van der Waals surface area (Å²) in [5.74, 6) is -0.685. The molecule has 0 bridgehead atoms. The SMILES string of the molecule is Cn1c(S(=O)(=O)Cc2ccc(C#N)cc2)nc2ccc(F)cc21. The standard InChI is InChI=1S/C16H12FN3O2S/c1-20-15-8-13(17)6-7-14(15)19-16(20)23(21,22)10-12-4-2-11(9-18)3-5-12/h2-8H,10H2,1H3. The number of sulfone groups is 1. The van der Waals surface area contributed by atoms with Gasteiger partial charge in [-0.1, -0.05) is 12.1 Å². The van der Waals surface area contributed by atoms with E-state index < -0.39 is 15.7 Å². The van der Waals surface area contributed by atoms with E-state index in [1.165, 1.54) is 22.8 Å². The normalized spacial score (nSPS) is 11.5. The number of nitrogens with zero attached hydrogens (tertiary/aromatic N) is 3. The van der Waals surface area contributed by atoms with Gasteiger partial charge in [0.25, 0.3) is 0 Å². The first-order chi connectivity index (χ1) is 10.9. The summed E-state index contributed by atoms with van der Waals surface area (Å²) in [7, 11) is -2.15. The first-order valence-corrected chi connectivity index (χ1v) is 8.40. The maximum absolute atomic E-state index is 13.3. The average Bonchev–Trinajstić information content (AvgIpc) is 2.85. The third-order valence-electron chi connectivity index (χ3n) is 3.52. The van der Waals surface area contributed by atoms with Gasteiger partial charge < -0.3 is 4.57 Å². The van der Waals surface area contributed by atoms with Gasteiger partial charge in [0.15, 0.2) is 0 Å². The zero-order chi connectivity index (χ0) is 16.6. The van der Waals surface area contributed by atoms with E-state index in [1.54, 1.807) is 31.3 Å². The van der Waals surface area contributed by atoms with Crippen molar-refractivity contribution < 1.29 is 12.8 Å². The van der Waals surface area contributed by atoms with Crippen LogP contribution in [0.4, 0.5) is 4.39 Å². The summed E-state index contributed by atoms with van der Waals surface area (Å²) in [6, 6.07) is 12.2. The van der Waals surface area contributed by atoms with Crippen molar-refractivity contribution >= 4 is 20.9 Å². The average molecular weight is 329 g/mol. The molecule has 7 heteroatoms. The van der Waals surface area contributed by atoms with Crippen LogP contribution >= 0.6 is 0 Å². The van der Waals surface area contributed by atoms with Gasteiger partial charge in [0.1, 0.15) is 5.82 Å². The molecule has 3 aromatic rings. The lowest BCUT2D eigenvalue weighted by molar-refractivity contribution is 0.579. The molecule has 5 nitrogen and oxygen atoms in total. The highest BCUT2D eigenvalue weighted by Gasteiger charge is 2.23. The van der Waals surface area contributed by atoms with Crippen LogP contribution in [-0.2, 0) is 22.6 Å². The molecule has 2 aromatic carbocycles. The number of nitriles is 1. The van der Waals surface area contributed by atoms with E-state index in [1.807, 2.05) is 6.07 Å². The highest BCUT2D eigenvalue weighted by molar-refractivity contribution is 7.90. The second-order valence-corrected chi connectivity index (χ2v) is 7.04. The van der Waals surface area contributed by atoms with E-state index in [0.29, 0.717) is 22.2 Å². The van der Waals surface area contributed by atoms with Crippen molar-refractivity contribution in [3.8, 4) is 6.07 Å². The molecule has 1 aromatic heterocycles. The first-order valence-electron chi connectivity index (χ1n) is 6.74. The largest absolute Gasteiger partial charge is 0.318 e. The van der Waals surface area contributed by atoms with Gasteiger partial charge in [-0.05, 0) is 35.9 Å². The van der Waals surface area contributed by atoms with Gasteiger partial charge in [-0.3, -0.25) is 0 Å². The van der Waals surface area contributed by atoms with Gasteiger partial charge in [-0.15, -0.1) is 0 Å². The number of fused-ring (bicyclic) bond motifs is 1. The molecular formula is C16H12FN3O2S. The maximum atomic E-state index is 13.3. The van der Waals surface area contributed by atoms with Crippen molar-refractivity contribution in [2.75, 3.05) is 0 Å². The van der Waals surface area contributed by atoms with Crippen LogP contribution in [0.15, 0.2) is 47.6 Å². The molecule has 0 spiro atoms. The fourth-order valence-electron chi connectivity index (χ4n) is 2.38. The summed E-state index contributed by atoms with van der Waals surface area (Å²) in [6.45, 7) is 0. The molecule has 0 amide bonds. The Kier molecular flexibility index (Phi) is 3.62. The summed E-state index contributed by atoms with van der Waals surface area (Å²) in [5, 5.41) is 8.66. The Bertz CT molecular complexity index is 1030. The summed E-state index contributed by atoms with van der Waals surface area (Å²) in [6.07, 6.45) is 0. The molecule has 0 fully saturated rings. The van der Waals surface area contributed by atoms with E-state index in [-0.39, 0.29) is 10.9 Å². The van der Waals surface area contributed by atoms with Crippen molar-refractivity contribution in [3.05, 3.63) is 59.4 Å². The van der Waals surface area contributed by atoms with Crippen LogP contribution < -0.4 is 0 Å². The van der Waals surface area contributed by atoms with Crippen LogP contribution in [0.3, 0.4) is 0 Å². The lowest BCUT2D eigenvalue weighted by atomic mass is 10.2. The van der Waals surface area contributed by atoms with Crippen molar-refractivity contribution in [1.82, 2.24) is 9.55 Å². The Balaban J connectivity index is 2.02. The monoisotopic (exact) mass is 329 g/mol. The van der Waals surface area contributed by atoms with Crippen LogP contribution in [0.1, 0.15) is 11.1 Å². The van der Waals surface area contributed by atoms with Crippen molar-refractivity contribution in [3.63, 3.8) is 0 Å². The molecule has 0 atom stereocenters. The van der Waals surface area contributed by atoms with Gasteiger partial charge in [0, 0.05) is 7.05 Å². The summed E-state index contributed by atoms with van der Waals surface area (Å²) < 4.78 is 39.9.